The lowest BCUT2D eigenvalue weighted by molar-refractivity contribution is 0.0442. The van der Waals surface area contributed by atoms with Gasteiger partial charge in [-0.2, -0.15) is 0 Å². The molecule has 3 nitrogen and oxygen atoms in total. The Bertz CT molecular complexity index is 240. The van der Waals surface area contributed by atoms with Crippen molar-refractivity contribution < 1.29 is 9.53 Å². The zero-order valence-electron chi connectivity index (χ0n) is 9.79. The van der Waals surface area contributed by atoms with Crippen LogP contribution >= 0.6 is 0 Å². The first-order valence-corrected chi connectivity index (χ1v) is 5.79. The van der Waals surface area contributed by atoms with Gasteiger partial charge in [0.25, 0.3) is 0 Å². The molecule has 0 aliphatic carbocycles. The summed E-state index contributed by atoms with van der Waals surface area (Å²) in [5.74, 6) is 0. The van der Waals surface area contributed by atoms with Crippen molar-refractivity contribution in [3.63, 3.8) is 0 Å². The highest BCUT2D eigenvalue weighted by molar-refractivity contribution is 5.71. The second-order valence-electron chi connectivity index (χ2n) is 4.17. The normalized spacial score (nSPS) is 25.5. The van der Waals surface area contributed by atoms with Crippen LogP contribution in [0.4, 0.5) is 4.79 Å². The Labute approximate surface area is 92.1 Å². The van der Waals surface area contributed by atoms with Crippen molar-refractivity contribution >= 4 is 6.09 Å². The Kier molecular flexibility index (Phi) is 4.18. The molecular formula is C12H21NO2. The van der Waals surface area contributed by atoms with Gasteiger partial charge >= 0.3 is 6.09 Å². The van der Waals surface area contributed by atoms with Crippen LogP contribution in [-0.4, -0.2) is 23.1 Å². The fourth-order valence-corrected chi connectivity index (χ4v) is 1.98. The molecule has 1 amide bonds. The van der Waals surface area contributed by atoms with E-state index in [-0.39, 0.29) is 11.7 Å². The van der Waals surface area contributed by atoms with E-state index in [1.165, 1.54) is 12.8 Å². The fourth-order valence-electron chi connectivity index (χ4n) is 1.98. The third-order valence-corrected chi connectivity index (χ3v) is 3.10. The van der Waals surface area contributed by atoms with Gasteiger partial charge in [-0.3, -0.25) is 4.90 Å². The monoisotopic (exact) mass is 211 g/mol. The molecule has 1 fully saturated rings. The first-order chi connectivity index (χ1) is 7.17. The summed E-state index contributed by atoms with van der Waals surface area (Å²) in [7, 11) is 0. The summed E-state index contributed by atoms with van der Waals surface area (Å²) in [6.45, 7) is 8.53. The standard InChI is InChI=1S/C12H21NO2/c1-4-7-8-9-12(5-2)10-13(6-3)11(14)15-12/h6H,3-5,7-10H2,1-2H3. The molecule has 1 aliphatic heterocycles. The Balaban J connectivity index is 2.55. The molecule has 86 valence electrons. The lowest BCUT2D eigenvalue weighted by Crippen LogP contribution is -2.32. The van der Waals surface area contributed by atoms with Crippen LogP contribution in [-0.2, 0) is 4.74 Å². The average molecular weight is 211 g/mol. The summed E-state index contributed by atoms with van der Waals surface area (Å²) in [5.41, 5.74) is -0.263. The average Bonchev–Trinajstić information content (AvgIpc) is 2.56. The maximum absolute atomic E-state index is 11.4. The van der Waals surface area contributed by atoms with Crippen LogP contribution in [0.1, 0.15) is 46.0 Å². The summed E-state index contributed by atoms with van der Waals surface area (Å²) < 4.78 is 5.46. The Morgan fingerprint density at radius 1 is 1.53 bits per heavy atom. The molecule has 0 aromatic rings. The second-order valence-corrected chi connectivity index (χ2v) is 4.17. The minimum atomic E-state index is -0.263. The molecule has 1 atom stereocenters. The Hall–Kier alpha value is -0.990. The minimum absolute atomic E-state index is 0.247. The maximum atomic E-state index is 11.4. The largest absolute Gasteiger partial charge is 0.441 e. The fraction of sp³-hybridized carbons (Fsp3) is 0.750. The molecule has 0 aromatic heterocycles. The molecule has 15 heavy (non-hydrogen) atoms. The van der Waals surface area contributed by atoms with Gasteiger partial charge in [-0.25, -0.2) is 4.79 Å². The van der Waals surface area contributed by atoms with E-state index in [1.807, 2.05) is 0 Å². The second kappa shape index (κ2) is 5.19. The zero-order chi connectivity index (χ0) is 11.3. The lowest BCUT2D eigenvalue weighted by atomic mass is 9.93. The number of carbonyl (C=O) groups excluding carboxylic acids is 1. The zero-order valence-corrected chi connectivity index (χ0v) is 9.79. The predicted octanol–water partition coefficient (Wildman–Crippen LogP) is 3.31. The van der Waals surface area contributed by atoms with Gasteiger partial charge in [0.2, 0.25) is 0 Å². The van der Waals surface area contributed by atoms with Crippen LogP contribution in [0, 0.1) is 0 Å². The van der Waals surface area contributed by atoms with Crippen LogP contribution in [0.5, 0.6) is 0 Å². The van der Waals surface area contributed by atoms with Crippen molar-refractivity contribution in [2.45, 2.75) is 51.6 Å². The van der Waals surface area contributed by atoms with E-state index in [4.69, 9.17) is 4.74 Å². The van der Waals surface area contributed by atoms with Gasteiger partial charge in [0.15, 0.2) is 0 Å². The first-order valence-electron chi connectivity index (χ1n) is 5.79. The van der Waals surface area contributed by atoms with Crippen molar-refractivity contribution in [1.82, 2.24) is 4.90 Å². The van der Waals surface area contributed by atoms with E-state index in [0.717, 1.165) is 19.3 Å². The highest BCUT2D eigenvalue weighted by atomic mass is 16.6. The SMILES string of the molecule is C=CN1CC(CC)(CCCCC)OC1=O. The van der Waals surface area contributed by atoms with E-state index in [9.17, 15) is 4.79 Å². The number of amides is 1. The van der Waals surface area contributed by atoms with E-state index >= 15 is 0 Å². The summed E-state index contributed by atoms with van der Waals surface area (Å²) in [6, 6.07) is 0. The Morgan fingerprint density at radius 2 is 2.27 bits per heavy atom. The number of rotatable bonds is 6. The topological polar surface area (TPSA) is 29.5 Å². The van der Waals surface area contributed by atoms with Gasteiger partial charge in [-0.1, -0.05) is 33.3 Å². The predicted molar refractivity (Wildman–Crippen MR) is 60.5 cm³/mol. The molecule has 1 saturated heterocycles. The van der Waals surface area contributed by atoms with Crippen LogP contribution in [0.2, 0.25) is 0 Å². The van der Waals surface area contributed by atoms with Gasteiger partial charge < -0.3 is 4.74 Å². The molecule has 0 radical (unpaired) electrons. The molecule has 1 unspecified atom stereocenters. The van der Waals surface area contributed by atoms with Crippen molar-refractivity contribution in [1.29, 1.82) is 0 Å². The molecule has 0 saturated carbocycles. The van der Waals surface area contributed by atoms with E-state index in [2.05, 4.69) is 20.4 Å². The van der Waals surface area contributed by atoms with Crippen molar-refractivity contribution in [3.05, 3.63) is 12.8 Å². The van der Waals surface area contributed by atoms with E-state index < -0.39 is 0 Å². The summed E-state index contributed by atoms with van der Waals surface area (Å²) in [6.07, 6.45) is 6.68. The van der Waals surface area contributed by atoms with E-state index in [0.29, 0.717) is 6.54 Å². The molecule has 3 heteroatoms. The molecule has 0 spiro atoms. The van der Waals surface area contributed by atoms with Crippen LogP contribution < -0.4 is 0 Å². The number of ether oxygens (including phenoxy) is 1. The van der Waals surface area contributed by atoms with Crippen LogP contribution in [0.3, 0.4) is 0 Å². The van der Waals surface area contributed by atoms with Crippen molar-refractivity contribution in [2.24, 2.45) is 0 Å². The highest BCUT2D eigenvalue weighted by Gasteiger charge is 2.42. The third-order valence-electron chi connectivity index (χ3n) is 3.10. The number of carbonyl (C=O) groups is 1. The quantitative estimate of drug-likeness (QED) is 0.631. The summed E-state index contributed by atoms with van der Waals surface area (Å²) in [4.78, 5) is 13.0. The number of hydrogen-bond acceptors (Lipinski definition) is 2. The summed E-state index contributed by atoms with van der Waals surface area (Å²) >= 11 is 0. The highest BCUT2D eigenvalue weighted by Crippen LogP contribution is 2.31. The first kappa shape index (κ1) is 12.1. The number of unbranched alkanes of at least 4 members (excludes halogenated alkanes) is 2. The number of nitrogens with zero attached hydrogens (tertiary/aromatic N) is 1. The summed E-state index contributed by atoms with van der Waals surface area (Å²) in [5, 5.41) is 0. The maximum Gasteiger partial charge on any atom is 0.414 e. The number of cyclic esters (lactones) is 1. The molecule has 1 aliphatic rings. The van der Waals surface area contributed by atoms with Crippen LogP contribution in [0.25, 0.3) is 0 Å². The minimum Gasteiger partial charge on any atom is -0.441 e. The van der Waals surface area contributed by atoms with Gasteiger partial charge in [-0.15, -0.1) is 0 Å². The lowest BCUT2D eigenvalue weighted by Gasteiger charge is -2.24. The molecular weight excluding hydrogens is 190 g/mol. The van der Waals surface area contributed by atoms with Gasteiger partial charge in [0.1, 0.15) is 5.60 Å². The van der Waals surface area contributed by atoms with Crippen molar-refractivity contribution in [2.75, 3.05) is 6.54 Å². The molecule has 1 heterocycles. The van der Waals surface area contributed by atoms with Crippen molar-refractivity contribution in [3.8, 4) is 0 Å². The molecule has 0 bridgehead atoms. The van der Waals surface area contributed by atoms with Gasteiger partial charge in [-0.05, 0) is 19.3 Å². The molecule has 0 aromatic carbocycles. The molecule has 1 rings (SSSR count). The number of hydrogen-bond donors (Lipinski definition) is 0. The Morgan fingerprint density at radius 3 is 2.73 bits per heavy atom. The van der Waals surface area contributed by atoms with Gasteiger partial charge in [0.05, 0.1) is 6.54 Å². The smallest absolute Gasteiger partial charge is 0.414 e. The van der Waals surface area contributed by atoms with Gasteiger partial charge in [0, 0.05) is 6.20 Å². The van der Waals surface area contributed by atoms with Crippen LogP contribution in [0.15, 0.2) is 12.8 Å². The molecule has 0 N–H and O–H groups in total. The third kappa shape index (κ3) is 2.74. The van der Waals surface area contributed by atoms with E-state index in [1.54, 1.807) is 11.1 Å².